The van der Waals surface area contributed by atoms with Crippen LogP contribution in [0.1, 0.15) is 16.2 Å². The largest absolute Gasteiger partial charge is 0.486 e. The molecule has 3 rings (SSSR count). The third kappa shape index (κ3) is 4.84. The molecule has 0 N–H and O–H groups in total. The molecule has 3 aromatic rings. The Morgan fingerprint density at radius 3 is 2.59 bits per heavy atom. The van der Waals surface area contributed by atoms with Crippen molar-refractivity contribution in [3.05, 3.63) is 70.5 Å². The summed E-state index contributed by atoms with van der Waals surface area (Å²) in [5.41, 5.74) is 0.106. The number of benzene rings is 2. The van der Waals surface area contributed by atoms with Crippen LogP contribution in [-0.2, 0) is 13.7 Å². The van der Waals surface area contributed by atoms with Crippen LogP contribution in [0.25, 0.3) is 0 Å². The van der Waals surface area contributed by atoms with Crippen LogP contribution in [0.15, 0.2) is 47.6 Å². The molecule has 1 aromatic heterocycles. The number of halogens is 3. The third-order valence-corrected chi connectivity index (χ3v) is 4.95. The van der Waals surface area contributed by atoms with Crippen molar-refractivity contribution in [1.82, 2.24) is 14.8 Å². The summed E-state index contributed by atoms with van der Waals surface area (Å²) in [6.45, 7) is 0.197. The Labute approximate surface area is 163 Å². The van der Waals surface area contributed by atoms with Crippen molar-refractivity contribution in [3.63, 3.8) is 0 Å². The number of thioether (sulfide) groups is 1. The van der Waals surface area contributed by atoms with E-state index in [0.717, 1.165) is 23.9 Å². The molecule has 0 aliphatic heterocycles. The monoisotopic (exact) mass is 409 g/mol. The molecule has 0 aliphatic carbocycles. The van der Waals surface area contributed by atoms with Crippen molar-refractivity contribution in [1.29, 1.82) is 0 Å². The van der Waals surface area contributed by atoms with Crippen LogP contribution in [0.2, 0.25) is 5.02 Å². The van der Waals surface area contributed by atoms with Crippen LogP contribution in [0.3, 0.4) is 0 Å². The van der Waals surface area contributed by atoms with Gasteiger partial charge in [0.25, 0.3) is 0 Å². The average molecular weight is 410 g/mol. The van der Waals surface area contributed by atoms with Crippen molar-refractivity contribution in [2.24, 2.45) is 7.05 Å². The number of ether oxygens (including phenoxy) is 1. The molecule has 5 nitrogen and oxygen atoms in total. The lowest BCUT2D eigenvalue weighted by atomic mass is 10.1. The molecule has 0 saturated heterocycles. The Morgan fingerprint density at radius 2 is 1.89 bits per heavy atom. The quantitative estimate of drug-likeness (QED) is 0.430. The van der Waals surface area contributed by atoms with E-state index in [2.05, 4.69) is 10.2 Å². The number of aromatic nitrogens is 3. The van der Waals surface area contributed by atoms with Gasteiger partial charge in [0.15, 0.2) is 28.4 Å². The summed E-state index contributed by atoms with van der Waals surface area (Å²) in [6, 6.07) is 10.0. The maximum atomic E-state index is 13.2. The van der Waals surface area contributed by atoms with Crippen molar-refractivity contribution >= 4 is 29.1 Å². The van der Waals surface area contributed by atoms with E-state index in [1.807, 2.05) is 0 Å². The van der Waals surface area contributed by atoms with Crippen LogP contribution in [0.5, 0.6) is 5.75 Å². The van der Waals surface area contributed by atoms with E-state index in [4.69, 9.17) is 16.3 Å². The molecule has 0 saturated carbocycles. The maximum absolute atomic E-state index is 13.2. The molecular formula is C18H14ClF2N3O2S. The average Bonchev–Trinajstić information content (AvgIpc) is 3.01. The number of carbonyl (C=O) groups excluding carboxylic acids is 1. The lowest BCUT2D eigenvalue weighted by Gasteiger charge is -2.06. The number of ketones is 1. The summed E-state index contributed by atoms with van der Waals surface area (Å²) in [5.74, 6) is -1.13. The van der Waals surface area contributed by atoms with E-state index in [1.165, 1.54) is 6.07 Å². The van der Waals surface area contributed by atoms with E-state index in [9.17, 15) is 13.6 Å². The molecule has 0 spiro atoms. The minimum absolute atomic E-state index is 0.0229. The highest BCUT2D eigenvalue weighted by Crippen LogP contribution is 2.20. The fourth-order valence-electron chi connectivity index (χ4n) is 2.16. The first kappa shape index (κ1) is 19.3. The molecule has 0 aliphatic rings. The first-order valence-corrected chi connectivity index (χ1v) is 9.18. The molecule has 0 radical (unpaired) electrons. The molecule has 0 bridgehead atoms. The van der Waals surface area contributed by atoms with Gasteiger partial charge in [0.05, 0.1) is 5.75 Å². The zero-order valence-corrected chi connectivity index (χ0v) is 15.7. The normalized spacial score (nSPS) is 10.8. The summed E-state index contributed by atoms with van der Waals surface area (Å²) in [4.78, 5) is 12.1. The van der Waals surface area contributed by atoms with Crippen molar-refractivity contribution in [2.45, 2.75) is 11.8 Å². The van der Waals surface area contributed by atoms with E-state index < -0.39 is 11.6 Å². The number of nitrogens with zero attached hydrogens (tertiary/aromatic N) is 3. The second-order valence-electron chi connectivity index (χ2n) is 5.54. The van der Waals surface area contributed by atoms with Crippen molar-refractivity contribution in [2.75, 3.05) is 5.75 Å². The molecule has 140 valence electrons. The van der Waals surface area contributed by atoms with Gasteiger partial charge in [-0.25, -0.2) is 8.78 Å². The third-order valence-electron chi connectivity index (χ3n) is 3.68. The zero-order chi connectivity index (χ0) is 19.4. The maximum Gasteiger partial charge on any atom is 0.191 e. The molecular weight excluding hydrogens is 396 g/mol. The summed E-state index contributed by atoms with van der Waals surface area (Å²) in [5, 5.41) is 9.20. The van der Waals surface area contributed by atoms with E-state index in [-0.39, 0.29) is 23.7 Å². The van der Waals surface area contributed by atoms with Crippen LogP contribution in [0, 0.1) is 11.6 Å². The van der Waals surface area contributed by atoms with Gasteiger partial charge < -0.3 is 9.30 Å². The predicted molar refractivity (Wildman–Crippen MR) is 98.2 cm³/mol. The Hall–Kier alpha value is -2.45. The van der Waals surface area contributed by atoms with Crippen LogP contribution < -0.4 is 4.74 Å². The van der Waals surface area contributed by atoms with Gasteiger partial charge in [-0.15, -0.1) is 10.2 Å². The zero-order valence-electron chi connectivity index (χ0n) is 14.2. The lowest BCUT2D eigenvalue weighted by molar-refractivity contribution is 0.102. The summed E-state index contributed by atoms with van der Waals surface area (Å²) >= 11 is 6.98. The van der Waals surface area contributed by atoms with Gasteiger partial charge in [-0.05, 0) is 42.5 Å². The molecule has 0 amide bonds. The summed E-state index contributed by atoms with van der Waals surface area (Å²) < 4.78 is 33.5. The molecule has 1 heterocycles. The van der Waals surface area contributed by atoms with E-state index in [1.54, 1.807) is 35.9 Å². The van der Waals surface area contributed by atoms with Gasteiger partial charge in [-0.1, -0.05) is 23.4 Å². The van der Waals surface area contributed by atoms with Gasteiger partial charge in [0.2, 0.25) is 0 Å². The number of Topliss-reactive ketones (excluding diaryl/α,β-unsaturated/α-hetero) is 1. The van der Waals surface area contributed by atoms with Gasteiger partial charge in [0.1, 0.15) is 12.4 Å². The molecule has 0 fully saturated rings. The molecule has 9 heteroatoms. The lowest BCUT2D eigenvalue weighted by Crippen LogP contribution is -2.06. The standard InChI is InChI=1S/C18H14ClF2N3O2S/c1-24-17(9-26-13-5-3-12(19)4-6-13)22-23-18(24)27-10-16(25)11-2-7-14(20)15(21)8-11/h2-8H,9-10H2,1H3. The molecule has 0 atom stereocenters. The molecule has 0 unspecified atom stereocenters. The SMILES string of the molecule is Cn1c(COc2ccc(Cl)cc2)nnc1SCC(=O)c1ccc(F)c(F)c1. The number of hydrogen-bond acceptors (Lipinski definition) is 5. The molecule has 2 aromatic carbocycles. The topological polar surface area (TPSA) is 57.0 Å². The Kier molecular flexibility index (Phi) is 6.08. The van der Waals surface area contributed by atoms with Crippen LogP contribution >= 0.6 is 23.4 Å². The first-order chi connectivity index (χ1) is 12.9. The smallest absolute Gasteiger partial charge is 0.191 e. The van der Waals surface area contributed by atoms with Gasteiger partial charge in [-0.3, -0.25) is 4.79 Å². The second-order valence-corrected chi connectivity index (χ2v) is 6.92. The van der Waals surface area contributed by atoms with Gasteiger partial charge >= 0.3 is 0 Å². The van der Waals surface area contributed by atoms with E-state index >= 15 is 0 Å². The highest BCUT2D eigenvalue weighted by molar-refractivity contribution is 7.99. The highest BCUT2D eigenvalue weighted by Gasteiger charge is 2.14. The summed E-state index contributed by atoms with van der Waals surface area (Å²) in [6.07, 6.45) is 0. The summed E-state index contributed by atoms with van der Waals surface area (Å²) in [7, 11) is 1.75. The minimum Gasteiger partial charge on any atom is -0.486 e. The minimum atomic E-state index is -1.05. The van der Waals surface area contributed by atoms with Gasteiger partial charge in [0, 0.05) is 17.6 Å². The van der Waals surface area contributed by atoms with E-state index in [0.29, 0.717) is 21.8 Å². The van der Waals surface area contributed by atoms with Gasteiger partial charge in [-0.2, -0.15) is 0 Å². The van der Waals surface area contributed by atoms with Crippen molar-refractivity contribution < 1.29 is 18.3 Å². The number of carbonyl (C=O) groups is 1. The highest BCUT2D eigenvalue weighted by atomic mass is 35.5. The fraction of sp³-hybridized carbons (Fsp3) is 0.167. The Balaban J connectivity index is 1.59. The van der Waals surface area contributed by atoms with Crippen molar-refractivity contribution in [3.8, 4) is 5.75 Å². The first-order valence-electron chi connectivity index (χ1n) is 7.81. The van der Waals surface area contributed by atoms with Crippen LogP contribution in [-0.4, -0.2) is 26.3 Å². The molecule has 27 heavy (non-hydrogen) atoms. The number of rotatable bonds is 7. The van der Waals surface area contributed by atoms with Crippen LogP contribution in [0.4, 0.5) is 8.78 Å². The predicted octanol–water partition coefficient (Wildman–Crippen LogP) is 4.30. The second kappa shape index (κ2) is 8.49. The number of hydrogen-bond donors (Lipinski definition) is 0. The fourth-order valence-corrected chi connectivity index (χ4v) is 3.11. The Bertz CT molecular complexity index is 964. The Morgan fingerprint density at radius 1 is 1.15 bits per heavy atom.